The Balaban J connectivity index is 1.55. The van der Waals surface area contributed by atoms with E-state index in [4.69, 9.17) is 0 Å². The predicted octanol–water partition coefficient (Wildman–Crippen LogP) is 1.31. The minimum Gasteiger partial charge on any atom is -0.387 e. The molecule has 0 amide bonds. The molecule has 1 saturated heterocycles. The lowest BCUT2D eigenvalue weighted by Crippen LogP contribution is -2.94. The first kappa shape index (κ1) is 17.8. The number of ketones is 1. The molecule has 0 unspecified atom stereocenters. The number of carbonyl (C=O) groups excluding carboxylic acids is 1. The average molecular weight is 369 g/mol. The normalized spacial score (nSPS) is 20.1. The van der Waals surface area contributed by atoms with Crippen LogP contribution in [-0.4, -0.2) is 34.6 Å². The Labute approximate surface area is 156 Å². The maximum absolute atomic E-state index is 13.5. The van der Waals surface area contributed by atoms with Crippen molar-refractivity contribution in [2.45, 2.75) is 38.0 Å². The zero-order chi connectivity index (χ0) is 18.8. The van der Waals surface area contributed by atoms with Crippen molar-refractivity contribution in [3.8, 4) is 11.1 Å². The third kappa shape index (κ3) is 3.91. The van der Waals surface area contributed by atoms with Crippen LogP contribution in [0.25, 0.3) is 22.2 Å². The number of quaternary nitrogens is 1. The van der Waals surface area contributed by atoms with E-state index in [2.05, 4.69) is 10.3 Å². The van der Waals surface area contributed by atoms with Crippen molar-refractivity contribution in [3.05, 3.63) is 54.6 Å². The van der Waals surface area contributed by atoms with E-state index in [0.29, 0.717) is 6.42 Å². The van der Waals surface area contributed by atoms with Gasteiger partial charge in [0.1, 0.15) is 24.5 Å². The molecule has 0 aliphatic carbocycles. The van der Waals surface area contributed by atoms with Crippen LogP contribution in [0, 0.1) is 5.82 Å². The molecule has 5 nitrogen and oxygen atoms in total. The molecule has 6 heteroatoms. The lowest BCUT2D eigenvalue weighted by Gasteiger charge is -2.24. The maximum atomic E-state index is 13.5. The lowest BCUT2D eigenvalue weighted by atomic mass is 9.97. The summed E-state index contributed by atoms with van der Waals surface area (Å²) < 4.78 is 15.4. The molecule has 1 aliphatic heterocycles. The predicted molar refractivity (Wildman–Crippen MR) is 99.3 cm³/mol. The fraction of sp³-hybridized carbons (Fsp3) is 0.333. The summed E-state index contributed by atoms with van der Waals surface area (Å²) in [7, 11) is 0. The van der Waals surface area contributed by atoms with Gasteiger partial charge >= 0.3 is 0 Å². The van der Waals surface area contributed by atoms with E-state index >= 15 is 0 Å². The molecule has 1 fully saturated rings. The van der Waals surface area contributed by atoms with Crippen molar-refractivity contribution in [2.24, 2.45) is 0 Å². The molecule has 2 atom stereocenters. The number of rotatable bonds is 5. The third-order valence-electron chi connectivity index (χ3n) is 5.32. The average Bonchev–Trinajstić information content (AvgIpc) is 3.06. The summed E-state index contributed by atoms with van der Waals surface area (Å²) in [5.74, 6) is -0.175. The summed E-state index contributed by atoms with van der Waals surface area (Å²) in [6.07, 6.45) is 3.51. The van der Waals surface area contributed by atoms with Gasteiger partial charge in [0.2, 0.25) is 6.33 Å². The van der Waals surface area contributed by atoms with Gasteiger partial charge in [-0.15, -0.1) is 0 Å². The smallest absolute Gasteiger partial charge is 0.242 e. The van der Waals surface area contributed by atoms with Gasteiger partial charge in [-0.05, 0) is 54.3 Å². The number of imidazole rings is 1. The Morgan fingerprint density at radius 3 is 2.93 bits per heavy atom. The van der Waals surface area contributed by atoms with Gasteiger partial charge in [-0.3, -0.25) is 4.79 Å². The molecule has 3 aromatic rings. The van der Waals surface area contributed by atoms with Crippen molar-refractivity contribution in [2.75, 3.05) is 6.54 Å². The van der Waals surface area contributed by atoms with Gasteiger partial charge in [0.05, 0.1) is 13.0 Å². The molecular weight excluding hydrogens is 345 g/mol. The van der Waals surface area contributed by atoms with Crippen LogP contribution in [0.1, 0.15) is 19.3 Å². The highest BCUT2D eigenvalue weighted by molar-refractivity contribution is 5.81. The molecule has 27 heavy (non-hydrogen) atoms. The van der Waals surface area contributed by atoms with Gasteiger partial charge in [-0.1, -0.05) is 12.1 Å². The summed E-state index contributed by atoms with van der Waals surface area (Å²) in [5.41, 5.74) is 3.53. The first-order valence-corrected chi connectivity index (χ1v) is 9.40. The molecule has 4 N–H and O–H groups in total. The molecule has 140 valence electrons. The minimum atomic E-state index is -0.407. The summed E-state index contributed by atoms with van der Waals surface area (Å²) in [4.78, 5) is 15.7. The molecule has 0 bridgehead atoms. The molecule has 1 aliphatic rings. The molecular formula is C21H24FN3O2+2. The molecule has 2 aromatic carbocycles. The van der Waals surface area contributed by atoms with Gasteiger partial charge in [0.15, 0.2) is 16.8 Å². The van der Waals surface area contributed by atoms with E-state index in [-0.39, 0.29) is 24.2 Å². The Morgan fingerprint density at radius 1 is 1.26 bits per heavy atom. The third-order valence-corrected chi connectivity index (χ3v) is 5.32. The zero-order valence-corrected chi connectivity index (χ0v) is 15.1. The fourth-order valence-electron chi connectivity index (χ4n) is 3.85. The maximum Gasteiger partial charge on any atom is 0.242 e. The number of hydrogen-bond donors (Lipinski definition) is 3. The van der Waals surface area contributed by atoms with Crippen molar-refractivity contribution < 1.29 is 24.2 Å². The second-order valence-corrected chi connectivity index (χ2v) is 7.28. The van der Waals surface area contributed by atoms with Crippen LogP contribution in [-0.2, 0) is 11.3 Å². The topological polar surface area (TPSA) is 73.6 Å². The molecule has 1 aromatic heterocycles. The number of H-pyrrole nitrogens is 1. The Morgan fingerprint density at radius 2 is 2.11 bits per heavy atom. The largest absolute Gasteiger partial charge is 0.387 e. The second-order valence-electron chi connectivity index (χ2n) is 7.28. The summed E-state index contributed by atoms with van der Waals surface area (Å²) in [5, 5.41) is 12.2. The highest BCUT2D eigenvalue weighted by atomic mass is 19.1. The number of aliphatic hydroxyl groups excluding tert-OH is 1. The Hall–Kier alpha value is -2.57. The summed E-state index contributed by atoms with van der Waals surface area (Å²) >= 11 is 0. The van der Waals surface area contributed by atoms with E-state index < -0.39 is 6.10 Å². The quantitative estimate of drug-likeness (QED) is 0.593. The van der Waals surface area contributed by atoms with Crippen molar-refractivity contribution >= 4 is 16.8 Å². The standard InChI is InChI=1S/C21H22FN3O2/c22-16-4-1-3-14(9-16)15-6-7-18-20(10-15)25(13-24-18)12-17(26)11-19-21(27)5-2-8-23-19/h1,3-4,6-7,9-10,13,19,21,23,27H,2,5,8,11-12H2/p+2/t19-,21+/m1/s1. The Bertz CT molecular complexity index is 969. The zero-order valence-electron chi connectivity index (χ0n) is 15.1. The molecule has 0 spiro atoms. The van der Waals surface area contributed by atoms with Gasteiger partial charge < -0.3 is 10.4 Å². The monoisotopic (exact) mass is 369 g/mol. The Kier molecular flexibility index (Phi) is 5.01. The number of benzene rings is 2. The van der Waals surface area contributed by atoms with Crippen molar-refractivity contribution in [1.82, 2.24) is 4.98 Å². The number of nitrogens with two attached hydrogens (primary N) is 1. The van der Waals surface area contributed by atoms with Crippen LogP contribution >= 0.6 is 0 Å². The van der Waals surface area contributed by atoms with Crippen molar-refractivity contribution in [1.29, 1.82) is 0 Å². The van der Waals surface area contributed by atoms with Gasteiger partial charge in [0, 0.05) is 0 Å². The van der Waals surface area contributed by atoms with Gasteiger partial charge in [-0.25, -0.2) is 13.9 Å². The number of Topliss-reactive ketones (excluding diaryl/α,β-unsaturated/α-hetero) is 1. The van der Waals surface area contributed by atoms with Crippen LogP contribution in [0.3, 0.4) is 0 Å². The number of aliphatic hydroxyl groups is 1. The SMILES string of the molecule is O=C(C[C@H]1[NH2+]CCC[C@@H]1O)C[n+]1c[nH]c2ccc(-c3cccc(F)c3)cc21. The van der Waals surface area contributed by atoms with Crippen LogP contribution in [0.2, 0.25) is 0 Å². The molecule has 0 radical (unpaired) electrons. The van der Waals surface area contributed by atoms with Crippen LogP contribution < -0.4 is 9.88 Å². The number of aromatic amines is 1. The lowest BCUT2D eigenvalue weighted by molar-refractivity contribution is -0.705. The first-order chi connectivity index (χ1) is 13.1. The number of piperidine rings is 1. The number of carbonyl (C=O) groups is 1. The van der Waals surface area contributed by atoms with E-state index in [1.54, 1.807) is 12.4 Å². The number of hydrogen-bond acceptors (Lipinski definition) is 2. The highest BCUT2D eigenvalue weighted by Crippen LogP contribution is 2.23. The molecule has 2 heterocycles. The van der Waals surface area contributed by atoms with E-state index in [9.17, 15) is 14.3 Å². The fourth-order valence-corrected chi connectivity index (χ4v) is 3.85. The number of nitrogens with one attached hydrogen (secondary N) is 1. The minimum absolute atomic E-state index is 0.0417. The number of aromatic nitrogens is 2. The summed E-state index contributed by atoms with van der Waals surface area (Å²) in [6.45, 7) is 1.22. The molecule has 0 saturated carbocycles. The second kappa shape index (κ2) is 7.58. The van der Waals surface area contributed by atoms with Crippen LogP contribution in [0.4, 0.5) is 4.39 Å². The van der Waals surface area contributed by atoms with E-state index in [1.165, 1.54) is 12.1 Å². The highest BCUT2D eigenvalue weighted by Gasteiger charge is 2.29. The van der Waals surface area contributed by atoms with Crippen LogP contribution in [0.15, 0.2) is 48.8 Å². The number of halogens is 1. The van der Waals surface area contributed by atoms with E-state index in [1.807, 2.05) is 28.8 Å². The van der Waals surface area contributed by atoms with Crippen LogP contribution in [0.5, 0.6) is 0 Å². The summed E-state index contributed by atoms with van der Waals surface area (Å²) in [6, 6.07) is 12.3. The molecule has 4 rings (SSSR count). The number of nitrogens with zero attached hydrogens (tertiary/aromatic N) is 1. The number of fused-ring (bicyclic) bond motifs is 1. The van der Waals surface area contributed by atoms with Crippen molar-refractivity contribution in [3.63, 3.8) is 0 Å². The van der Waals surface area contributed by atoms with Gasteiger partial charge in [0.25, 0.3) is 0 Å². The van der Waals surface area contributed by atoms with E-state index in [0.717, 1.165) is 41.5 Å². The first-order valence-electron chi connectivity index (χ1n) is 9.40. The van der Waals surface area contributed by atoms with Gasteiger partial charge in [-0.2, -0.15) is 0 Å².